The maximum absolute atomic E-state index is 12.2. The van der Waals surface area contributed by atoms with Crippen LogP contribution in [-0.2, 0) is 0 Å². The second-order valence-electron chi connectivity index (χ2n) is 4.95. The summed E-state index contributed by atoms with van der Waals surface area (Å²) in [4.78, 5) is 24.1. The van der Waals surface area contributed by atoms with Gasteiger partial charge in [-0.3, -0.25) is 4.79 Å². The van der Waals surface area contributed by atoms with E-state index in [4.69, 9.17) is 4.42 Å². The largest absolute Gasteiger partial charge is 0.421 e. The zero-order chi connectivity index (χ0) is 15.7. The molecule has 1 N–H and O–H groups in total. The lowest BCUT2D eigenvalue weighted by Crippen LogP contribution is -2.17. The van der Waals surface area contributed by atoms with E-state index in [0.717, 1.165) is 15.4 Å². The van der Waals surface area contributed by atoms with E-state index in [9.17, 15) is 9.59 Å². The van der Waals surface area contributed by atoms with Gasteiger partial charge in [0.1, 0.15) is 11.3 Å². The molecule has 1 amide bonds. The summed E-state index contributed by atoms with van der Waals surface area (Å²) >= 11 is 3.36. The molecule has 0 aliphatic carbocycles. The van der Waals surface area contributed by atoms with Gasteiger partial charge < -0.3 is 9.73 Å². The number of hydrogen-bond acceptors (Lipinski definition) is 3. The third-order valence-electron chi connectivity index (χ3n) is 3.26. The fourth-order valence-corrected chi connectivity index (χ4v) is 2.46. The third-order valence-corrected chi connectivity index (χ3v) is 3.75. The molecule has 2 aromatic carbocycles. The van der Waals surface area contributed by atoms with Crippen molar-refractivity contribution >= 4 is 38.5 Å². The molecule has 3 rings (SSSR count). The Morgan fingerprint density at radius 2 is 1.82 bits per heavy atom. The number of carbonyl (C=O) groups excluding carboxylic acids is 1. The maximum Gasteiger partial charge on any atom is 0.360 e. The first-order valence-corrected chi connectivity index (χ1v) is 7.44. The number of halogens is 1. The molecule has 0 aliphatic rings. The molecule has 0 bridgehead atoms. The summed E-state index contributed by atoms with van der Waals surface area (Å²) in [5.74, 6) is -0.346. The fraction of sp³-hybridized carbons (Fsp3) is 0.0588. The van der Waals surface area contributed by atoms with Crippen LogP contribution >= 0.6 is 15.9 Å². The van der Waals surface area contributed by atoms with Gasteiger partial charge in [0.2, 0.25) is 0 Å². The summed E-state index contributed by atoms with van der Waals surface area (Å²) in [6.45, 7) is 1.94. The number of rotatable bonds is 2. The molecule has 22 heavy (non-hydrogen) atoms. The van der Waals surface area contributed by atoms with Crippen LogP contribution in [0.5, 0.6) is 0 Å². The number of amides is 1. The van der Waals surface area contributed by atoms with Crippen LogP contribution in [0.2, 0.25) is 0 Å². The number of fused-ring (bicyclic) bond motifs is 1. The van der Waals surface area contributed by atoms with Crippen LogP contribution in [0.3, 0.4) is 0 Å². The van der Waals surface area contributed by atoms with Crippen molar-refractivity contribution in [1.29, 1.82) is 0 Å². The van der Waals surface area contributed by atoms with E-state index in [0.29, 0.717) is 11.1 Å². The quantitative estimate of drug-likeness (QED) is 0.701. The first-order chi connectivity index (χ1) is 10.5. The topological polar surface area (TPSA) is 59.3 Å². The summed E-state index contributed by atoms with van der Waals surface area (Å²) in [6, 6.07) is 14.0. The third kappa shape index (κ3) is 2.94. The minimum atomic E-state index is -0.574. The van der Waals surface area contributed by atoms with Crippen molar-refractivity contribution in [1.82, 2.24) is 0 Å². The van der Waals surface area contributed by atoms with Gasteiger partial charge in [-0.25, -0.2) is 4.79 Å². The van der Waals surface area contributed by atoms with Gasteiger partial charge in [0.05, 0.1) is 0 Å². The minimum Gasteiger partial charge on any atom is -0.421 e. The van der Waals surface area contributed by atoms with Crippen LogP contribution < -0.4 is 10.9 Å². The fourth-order valence-electron chi connectivity index (χ4n) is 2.08. The Bertz CT molecular complexity index is 913. The van der Waals surface area contributed by atoms with Crippen LogP contribution in [0.4, 0.5) is 5.69 Å². The molecule has 3 aromatic rings. The number of hydrogen-bond donors (Lipinski definition) is 1. The lowest BCUT2D eigenvalue weighted by molar-refractivity contribution is 0.102. The van der Waals surface area contributed by atoms with E-state index in [2.05, 4.69) is 21.2 Å². The maximum atomic E-state index is 12.2. The summed E-state index contributed by atoms with van der Waals surface area (Å²) in [6.07, 6.45) is 0. The minimum absolute atomic E-state index is 0.121. The van der Waals surface area contributed by atoms with E-state index in [1.54, 1.807) is 30.3 Å². The normalized spacial score (nSPS) is 10.6. The first-order valence-electron chi connectivity index (χ1n) is 6.64. The molecule has 1 heterocycles. The molecule has 0 aliphatic heterocycles. The molecule has 0 radical (unpaired) electrons. The van der Waals surface area contributed by atoms with Crippen LogP contribution in [-0.4, -0.2) is 5.91 Å². The monoisotopic (exact) mass is 357 g/mol. The number of carbonyl (C=O) groups is 1. The van der Waals surface area contributed by atoms with Crippen LogP contribution in [0, 0.1) is 6.92 Å². The lowest BCUT2D eigenvalue weighted by atomic mass is 10.1. The average molecular weight is 358 g/mol. The molecule has 1 aromatic heterocycles. The highest BCUT2D eigenvalue weighted by Gasteiger charge is 2.11. The number of aryl methyl sites for hydroxylation is 1. The number of nitrogens with one attached hydrogen (secondary N) is 1. The van der Waals surface area contributed by atoms with E-state index >= 15 is 0 Å². The molecule has 0 fully saturated rings. The molecule has 4 nitrogen and oxygen atoms in total. The summed E-state index contributed by atoms with van der Waals surface area (Å²) in [5.41, 5.74) is 1.57. The van der Waals surface area contributed by atoms with Gasteiger partial charge in [-0.1, -0.05) is 33.6 Å². The molecule has 0 spiro atoms. The Kier molecular flexibility index (Phi) is 3.81. The Balaban J connectivity index is 1.96. The SMILES string of the molecule is Cc1ccc(C(=O)Nc2cc3cc(Br)ccc3oc2=O)cc1. The van der Waals surface area contributed by atoms with E-state index in [1.807, 2.05) is 25.1 Å². The predicted molar refractivity (Wildman–Crippen MR) is 89.3 cm³/mol. The van der Waals surface area contributed by atoms with Gasteiger partial charge in [0.15, 0.2) is 0 Å². The smallest absolute Gasteiger partial charge is 0.360 e. The molecule has 110 valence electrons. The molecule has 0 saturated heterocycles. The number of benzene rings is 2. The lowest BCUT2D eigenvalue weighted by Gasteiger charge is -2.06. The molecular formula is C17H12BrNO3. The Labute approximate surface area is 134 Å². The van der Waals surface area contributed by atoms with Crippen molar-refractivity contribution in [2.24, 2.45) is 0 Å². The van der Waals surface area contributed by atoms with Crippen LogP contribution in [0.15, 0.2) is 62.2 Å². The Hall–Kier alpha value is -2.40. The highest BCUT2D eigenvalue weighted by atomic mass is 79.9. The van der Waals surface area contributed by atoms with E-state index in [1.165, 1.54) is 0 Å². The highest BCUT2D eigenvalue weighted by Crippen LogP contribution is 2.21. The van der Waals surface area contributed by atoms with Gasteiger partial charge in [-0.05, 0) is 43.3 Å². The molecule has 0 unspecified atom stereocenters. The Morgan fingerprint density at radius 1 is 1.09 bits per heavy atom. The Morgan fingerprint density at radius 3 is 2.55 bits per heavy atom. The molecule has 5 heteroatoms. The molecule has 0 atom stereocenters. The van der Waals surface area contributed by atoms with Gasteiger partial charge >= 0.3 is 5.63 Å². The van der Waals surface area contributed by atoms with Crippen LogP contribution in [0.25, 0.3) is 11.0 Å². The van der Waals surface area contributed by atoms with E-state index < -0.39 is 5.63 Å². The summed E-state index contributed by atoms with van der Waals surface area (Å²) in [7, 11) is 0. The second-order valence-corrected chi connectivity index (χ2v) is 5.87. The average Bonchev–Trinajstić information content (AvgIpc) is 2.49. The van der Waals surface area contributed by atoms with Crippen molar-refractivity contribution in [3.8, 4) is 0 Å². The van der Waals surface area contributed by atoms with Gasteiger partial charge in [-0.2, -0.15) is 0 Å². The predicted octanol–water partition coefficient (Wildman–Crippen LogP) is 4.12. The zero-order valence-electron chi connectivity index (χ0n) is 11.7. The van der Waals surface area contributed by atoms with Crippen molar-refractivity contribution < 1.29 is 9.21 Å². The van der Waals surface area contributed by atoms with Gasteiger partial charge in [0.25, 0.3) is 5.91 Å². The summed E-state index contributed by atoms with van der Waals surface area (Å²) in [5, 5.41) is 3.33. The standard InChI is InChI=1S/C17H12BrNO3/c1-10-2-4-11(5-3-10)16(20)19-14-9-12-8-13(18)6-7-15(12)22-17(14)21/h2-9H,1H3,(H,19,20). The summed E-state index contributed by atoms with van der Waals surface area (Å²) < 4.78 is 6.08. The highest BCUT2D eigenvalue weighted by molar-refractivity contribution is 9.10. The zero-order valence-corrected chi connectivity index (χ0v) is 13.3. The second kappa shape index (κ2) is 5.77. The van der Waals surface area contributed by atoms with Crippen molar-refractivity contribution in [3.05, 3.63) is 74.6 Å². The van der Waals surface area contributed by atoms with Crippen molar-refractivity contribution in [2.45, 2.75) is 6.92 Å². The van der Waals surface area contributed by atoms with Crippen molar-refractivity contribution in [2.75, 3.05) is 5.32 Å². The number of anilines is 1. The van der Waals surface area contributed by atoms with Crippen molar-refractivity contribution in [3.63, 3.8) is 0 Å². The van der Waals surface area contributed by atoms with E-state index in [-0.39, 0.29) is 11.6 Å². The van der Waals surface area contributed by atoms with Gasteiger partial charge in [0, 0.05) is 15.4 Å². The van der Waals surface area contributed by atoms with Crippen LogP contribution in [0.1, 0.15) is 15.9 Å². The van der Waals surface area contributed by atoms with Gasteiger partial charge in [-0.15, -0.1) is 0 Å². The molecular weight excluding hydrogens is 346 g/mol. The molecule has 0 saturated carbocycles. The first kappa shape index (κ1) is 14.5.